The zero-order valence-corrected chi connectivity index (χ0v) is 34.2. The normalized spacial score (nSPS) is 15.3. The minimum absolute atomic E-state index is 1.18. The summed E-state index contributed by atoms with van der Waals surface area (Å²) in [6, 6.07) is 85.2. The lowest BCUT2D eigenvalue weighted by atomic mass is 10.1. The molecule has 9 aromatic rings. The fourth-order valence-corrected chi connectivity index (χ4v) is 22.4. The summed E-state index contributed by atoms with van der Waals surface area (Å²) >= 11 is 0. The summed E-state index contributed by atoms with van der Waals surface area (Å²) in [4.78, 5) is 7.67. The first-order valence-electron chi connectivity index (χ1n) is 20.5. The molecule has 4 aliphatic rings. The molecule has 0 radical (unpaired) electrons. The Morgan fingerprint density at radius 2 is 0.441 bits per heavy atom. The van der Waals surface area contributed by atoms with Gasteiger partial charge in [-0.1, -0.05) is 164 Å². The molecule has 0 N–H and O–H groups in total. The van der Waals surface area contributed by atoms with Crippen LogP contribution in [0.2, 0.25) is 0 Å². The Labute approximate surface area is 346 Å². The minimum atomic E-state index is -3.01. The van der Waals surface area contributed by atoms with Gasteiger partial charge in [0, 0.05) is 51.2 Å². The van der Waals surface area contributed by atoms with Gasteiger partial charge in [-0.25, -0.2) is 0 Å². The summed E-state index contributed by atoms with van der Waals surface area (Å²) in [5.74, 6) is 0. The van der Waals surface area contributed by atoms with E-state index >= 15 is 0 Å². The van der Waals surface area contributed by atoms with Crippen LogP contribution in [0.25, 0.3) is 0 Å². The summed E-state index contributed by atoms with van der Waals surface area (Å²) in [5, 5.41) is 11.5. The van der Waals surface area contributed by atoms with Crippen molar-refractivity contribution in [3.05, 3.63) is 224 Å². The number of nitrogens with zero attached hydrogens (tertiary/aromatic N) is 3. The molecule has 59 heavy (non-hydrogen) atoms. The van der Waals surface area contributed by atoms with E-state index in [9.17, 15) is 0 Å². The van der Waals surface area contributed by atoms with Gasteiger partial charge in [-0.05, 0) is 102 Å². The van der Waals surface area contributed by atoms with Gasteiger partial charge in [-0.3, -0.25) is 0 Å². The van der Waals surface area contributed by atoms with Crippen LogP contribution >= 0.6 is 0 Å². The van der Waals surface area contributed by atoms with Crippen molar-refractivity contribution in [3.8, 4) is 0 Å². The number of fused-ring (bicyclic) bond motifs is 16. The summed E-state index contributed by atoms with van der Waals surface area (Å²) in [6.07, 6.45) is 0. The largest absolute Gasteiger partial charge is 0.311 e. The monoisotopic (exact) mass is 783 g/mol. The zero-order chi connectivity index (χ0) is 38.7. The van der Waals surface area contributed by atoms with Gasteiger partial charge in [-0.15, -0.1) is 0 Å². The predicted octanol–water partition coefficient (Wildman–Crippen LogP) is 8.10. The number of anilines is 9. The fourth-order valence-electron chi connectivity index (χ4n) is 11.4. The van der Waals surface area contributed by atoms with Crippen LogP contribution < -0.4 is 56.2 Å². The molecular formula is C54H37N3Si2. The van der Waals surface area contributed by atoms with Gasteiger partial charge in [0.2, 0.25) is 0 Å². The molecule has 0 atom stereocenters. The third kappa shape index (κ3) is 4.05. The predicted molar refractivity (Wildman–Crippen MR) is 252 cm³/mol. The molecule has 13 rings (SSSR count). The number of hydrogen-bond donors (Lipinski definition) is 0. The van der Waals surface area contributed by atoms with E-state index in [2.05, 4.69) is 239 Å². The first-order chi connectivity index (χ1) is 29.3. The maximum absolute atomic E-state index is 3.01. The standard InChI is InChI=1S/C54H37N3Si2/c1-3-20-38(21-4-1)55-40-24-7-13-30-46(40)58(47-31-14-8-25-41(47)55)50-34-17-11-28-44(50)57-45-29-12-18-35-51(45)59(53-37-19-36-52(58)54(53)57)48-32-15-9-26-42(48)56(39-22-5-2-6-23-39)43-27-10-16-33-49(43)59/h1-37H. The number of benzene rings is 9. The van der Waals surface area contributed by atoms with Gasteiger partial charge < -0.3 is 14.7 Å². The summed E-state index contributed by atoms with van der Waals surface area (Å²) < 4.78 is 0. The van der Waals surface area contributed by atoms with Crippen LogP contribution in [0.4, 0.5) is 51.2 Å². The highest BCUT2D eigenvalue weighted by atomic mass is 28.3. The second-order valence-electron chi connectivity index (χ2n) is 16.0. The number of rotatable bonds is 2. The van der Waals surface area contributed by atoms with Crippen molar-refractivity contribution in [3.63, 3.8) is 0 Å². The van der Waals surface area contributed by atoms with Gasteiger partial charge in [-0.2, -0.15) is 0 Å². The van der Waals surface area contributed by atoms with Crippen molar-refractivity contribution in [2.75, 3.05) is 14.7 Å². The molecule has 0 unspecified atom stereocenters. The van der Waals surface area contributed by atoms with E-state index in [0.717, 1.165) is 0 Å². The molecular weight excluding hydrogens is 747 g/mol. The highest BCUT2D eigenvalue weighted by Gasteiger charge is 2.60. The Kier molecular flexibility index (Phi) is 6.77. The summed E-state index contributed by atoms with van der Waals surface area (Å²) in [5.41, 5.74) is 11.4. The maximum Gasteiger partial charge on any atom is 0.188 e. The van der Waals surface area contributed by atoms with Gasteiger partial charge in [0.05, 0.1) is 0 Å². The lowest BCUT2D eigenvalue weighted by Crippen LogP contribution is -2.84. The van der Waals surface area contributed by atoms with Gasteiger partial charge in [0.25, 0.3) is 0 Å². The highest BCUT2D eigenvalue weighted by molar-refractivity contribution is 7.26. The molecule has 4 aliphatic heterocycles. The number of hydrogen-bond acceptors (Lipinski definition) is 3. The van der Waals surface area contributed by atoms with Crippen LogP contribution in [0.5, 0.6) is 0 Å². The smallest absolute Gasteiger partial charge is 0.188 e. The third-order valence-corrected chi connectivity index (χ3v) is 23.2. The molecule has 0 aliphatic carbocycles. The van der Waals surface area contributed by atoms with Crippen molar-refractivity contribution >= 4 is 109 Å². The van der Waals surface area contributed by atoms with E-state index in [0.29, 0.717) is 0 Å². The van der Waals surface area contributed by atoms with Crippen LogP contribution in [-0.2, 0) is 0 Å². The average molecular weight is 784 g/mol. The minimum Gasteiger partial charge on any atom is -0.311 e. The lowest BCUT2D eigenvalue weighted by Gasteiger charge is -2.55. The first-order valence-corrected chi connectivity index (χ1v) is 24.5. The molecule has 3 nitrogen and oxygen atoms in total. The quantitative estimate of drug-likeness (QED) is 0.164. The second kappa shape index (κ2) is 12.2. The van der Waals surface area contributed by atoms with Crippen molar-refractivity contribution in [2.24, 2.45) is 0 Å². The fraction of sp³-hybridized carbons (Fsp3) is 0. The van der Waals surface area contributed by atoms with E-state index < -0.39 is 16.1 Å². The van der Waals surface area contributed by atoms with E-state index in [4.69, 9.17) is 0 Å². The van der Waals surface area contributed by atoms with Gasteiger partial charge in [0.1, 0.15) is 0 Å². The van der Waals surface area contributed by atoms with Crippen molar-refractivity contribution in [1.82, 2.24) is 0 Å². The molecule has 0 aromatic heterocycles. The molecule has 9 aromatic carbocycles. The summed E-state index contributed by atoms with van der Waals surface area (Å²) in [7, 11) is -6.01. The molecule has 0 amide bonds. The molecule has 5 heteroatoms. The SMILES string of the molecule is c1ccc(N2c3ccccc3[Si]3(c4ccccc42)c2ccccc2N2c4ccccc4[Si]4(c5ccccc5N(c5ccccc5)c5ccccc54)c4cccc3c42)cc1. The molecule has 0 saturated heterocycles. The molecule has 0 bridgehead atoms. The van der Waals surface area contributed by atoms with Crippen LogP contribution in [0, 0.1) is 0 Å². The van der Waals surface area contributed by atoms with Crippen LogP contribution in [0.15, 0.2) is 224 Å². The average Bonchev–Trinajstić information content (AvgIpc) is 3.31. The zero-order valence-electron chi connectivity index (χ0n) is 32.2. The molecule has 0 fully saturated rings. The van der Waals surface area contributed by atoms with Crippen LogP contribution in [0.3, 0.4) is 0 Å². The molecule has 0 saturated carbocycles. The molecule has 276 valence electrons. The molecule has 4 heterocycles. The van der Waals surface area contributed by atoms with E-state index in [1.165, 1.54) is 92.7 Å². The Bertz CT molecular complexity index is 2820. The van der Waals surface area contributed by atoms with Crippen LogP contribution in [0.1, 0.15) is 0 Å². The highest BCUT2D eigenvalue weighted by Crippen LogP contribution is 2.47. The van der Waals surface area contributed by atoms with Gasteiger partial charge >= 0.3 is 0 Å². The Morgan fingerprint density at radius 1 is 0.203 bits per heavy atom. The number of para-hydroxylation sites is 9. The van der Waals surface area contributed by atoms with Crippen LogP contribution in [-0.4, -0.2) is 16.1 Å². The van der Waals surface area contributed by atoms with E-state index in [1.807, 2.05) is 0 Å². The van der Waals surface area contributed by atoms with Crippen molar-refractivity contribution in [1.29, 1.82) is 0 Å². The van der Waals surface area contributed by atoms with Crippen molar-refractivity contribution < 1.29 is 0 Å². The lowest BCUT2D eigenvalue weighted by molar-refractivity contribution is 1.27. The van der Waals surface area contributed by atoms with Gasteiger partial charge in [0.15, 0.2) is 16.1 Å². The maximum atomic E-state index is 2.66. The Morgan fingerprint density at radius 3 is 0.746 bits per heavy atom. The Hall–Kier alpha value is -7.19. The second-order valence-corrected chi connectivity index (χ2v) is 23.3. The van der Waals surface area contributed by atoms with Crippen molar-refractivity contribution in [2.45, 2.75) is 0 Å². The first kappa shape index (κ1) is 32.9. The van der Waals surface area contributed by atoms with E-state index in [1.54, 1.807) is 0 Å². The van der Waals surface area contributed by atoms with E-state index in [-0.39, 0.29) is 0 Å². The molecule has 2 spiro atoms. The topological polar surface area (TPSA) is 9.72 Å². The third-order valence-electron chi connectivity index (χ3n) is 13.4. The summed E-state index contributed by atoms with van der Waals surface area (Å²) in [6.45, 7) is 0. The Balaban J connectivity index is 1.20.